The average Bonchev–Trinajstić information content (AvgIpc) is 3.04. The summed E-state index contributed by atoms with van der Waals surface area (Å²) in [5.74, 6) is 0.854. The van der Waals surface area contributed by atoms with Crippen LogP contribution in [0.5, 0.6) is 0 Å². The van der Waals surface area contributed by atoms with Crippen molar-refractivity contribution < 1.29 is 4.74 Å². The summed E-state index contributed by atoms with van der Waals surface area (Å²) < 4.78 is 7.50. The first-order valence-corrected chi connectivity index (χ1v) is 8.47. The number of hydrogen-bond donors (Lipinski definition) is 1. The lowest BCUT2D eigenvalue weighted by atomic mass is 10.0. The monoisotopic (exact) mass is 322 g/mol. The van der Waals surface area contributed by atoms with Crippen LogP contribution >= 0.6 is 0 Å². The van der Waals surface area contributed by atoms with E-state index in [2.05, 4.69) is 52.9 Å². The summed E-state index contributed by atoms with van der Waals surface area (Å²) >= 11 is 0. The number of benzene rings is 1. The highest BCUT2D eigenvalue weighted by Gasteiger charge is 2.18. The van der Waals surface area contributed by atoms with E-state index in [1.165, 1.54) is 16.7 Å². The maximum Gasteiger partial charge on any atom is 0.180 e. The third-order valence-corrected chi connectivity index (χ3v) is 4.67. The van der Waals surface area contributed by atoms with Crippen LogP contribution in [0, 0.1) is 13.8 Å². The minimum absolute atomic E-state index is 0.389. The first kappa shape index (κ1) is 15.1. The molecule has 0 radical (unpaired) electrons. The smallest absolute Gasteiger partial charge is 0.180 e. The van der Waals surface area contributed by atoms with E-state index in [9.17, 15) is 0 Å². The molecule has 1 aromatic carbocycles. The molecule has 0 unspecified atom stereocenters. The summed E-state index contributed by atoms with van der Waals surface area (Å²) in [4.78, 5) is 9.39. The van der Waals surface area contributed by atoms with Gasteiger partial charge < -0.3 is 14.5 Å². The van der Waals surface area contributed by atoms with Crippen molar-refractivity contribution in [3.63, 3.8) is 0 Å². The summed E-state index contributed by atoms with van der Waals surface area (Å²) in [5.41, 5.74) is 5.52. The summed E-state index contributed by atoms with van der Waals surface area (Å²) in [5, 5.41) is 3.58. The lowest BCUT2D eigenvalue weighted by Gasteiger charge is -2.24. The van der Waals surface area contributed by atoms with Gasteiger partial charge in [0.1, 0.15) is 0 Å². The van der Waals surface area contributed by atoms with Crippen LogP contribution < -0.4 is 5.32 Å². The number of fused-ring (bicyclic) bond motifs is 1. The normalized spacial score (nSPS) is 15.8. The number of hydrogen-bond acceptors (Lipinski definition) is 4. The zero-order chi connectivity index (χ0) is 16.5. The van der Waals surface area contributed by atoms with Gasteiger partial charge in [0.15, 0.2) is 11.5 Å². The van der Waals surface area contributed by atoms with Crippen LogP contribution in [-0.2, 0) is 4.74 Å². The van der Waals surface area contributed by atoms with Crippen molar-refractivity contribution in [2.45, 2.75) is 32.7 Å². The number of aryl methyl sites for hydroxylation is 2. The van der Waals surface area contributed by atoms with Crippen molar-refractivity contribution in [1.82, 2.24) is 14.4 Å². The molecule has 1 aliphatic heterocycles. The van der Waals surface area contributed by atoms with Crippen molar-refractivity contribution in [1.29, 1.82) is 0 Å². The molecule has 1 aliphatic rings. The second-order valence-corrected chi connectivity index (χ2v) is 6.43. The second-order valence-electron chi connectivity index (χ2n) is 6.43. The van der Waals surface area contributed by atoms with Crippen molar-refractivity contribution >= 4 is 11.5 Å². The number of aromatic nitrogens is 3. The van der Waals surface area contributed by atoms with Crippen molar-refractivity contribution in [2.24, 2.45) is 0 Å². The van der Waals surface area contributed by atoms with Gasteiger partial charge in [-0.05, 0) is 37.8 Å². The van der Waals surface area contributed by atoms with E-state index in [4.69, 9.17) is 9.72 Å². The number of ether oxygens (including phenoxy) is 1. The Kier molecular flexibility index (Phi) is 3.94. The Labute approximate surface area is 141 Å². The average molecular weight is 322 g/mol. The quantitative estimate of drug-likeness (QED) is 0.800. The molecule has 3 heterocycles. The number of nitrogens with one attached hydrogen (secondary N) is 1. The van der Waals surface area contributed by atoms with Crippen LogP contribution in [0.3, 0.4) is 0 Å². The van der Waals surface area contributed by atoms with Crippen LogP contribution in [0.4, 0.5) is 5.82 Å². The number of anilines is 1. The summed E-state index contributed by atoms with van der Waals surface area (Å²) in [6.45, 7) is 5.87. The molecule has 0 spiro atoms. The number of rotatable bonds is 3. The van der Waals surface area contributed by atoms with Gasteiger partial charge in [-0.2, -0.15) is 0 Å². The van der Waals surface area contributed by atoms with Gasteiger partial charge in [-0.3, -0.25) is 0 Å². The van der Waals surface area contributed by atoms with Gasteiger partial charge in [0.05, 0.1) is 5.69 Å². The molecule has 4 rings (SSSR count). The largest absolute Gasteiger partial charge is 0.381 e. The second kappa shape index (κ2) is 6.24. The molecule has 2 aromatic heterocycles. The molecule has 5 heteroatoms. The predicted molar refractivity (Wildman–Crippen MR) is 95.4 cm³/mol. The van der Waals surface area contributed by atoms with Gasteiger partial charge >= 0.3 is 0 Å². The van der Waals surface area contributed by atoms with Crippen LogP contribution in [-0.4, -0.2) is 33.6 Å². The fourth-order valence-corrected chi connectivity index (χ4v) is 3.40. The third-order valence-electron chi connectivity index (χ3n) is 4.67. The van der Waals surface area contributed by atoms with E-state index in [0.29, 0.717) is 6.04 Å². The maximum absolute atomic E-state index is 5.45. The van der Waals surface area contributed by atoms with Crippen LogP contribution in [0.1, 0.15) is 24.0 Å². The van der Waals surface area contributed by atoms with Crippen molar-refractivity contribution in [2.75, 3.05) is 18.5 Å². The molecule has 3 aromatic rings. The molecule has 1 saturated heterocycles. The highest BCUT2D eigenvalue weighted by Crippen LogP contribution is 2.28. The SMILES string of the molecule is Cc1cccc(C)c1-c1cn2ccnc2c(NC2CCOCC2)n1. The zero-order valence-electron chi connectivity index (χ0n) is 14.1. The first-order valence-electron chi connectivity index (χ1n) is 8.47. The molecule has 0 saturated carbocycles. The number of imidazole rings is 1. The van der Waals surface area contributed by atoms with E-state index in [1.54, 1.807) is 0 Å². The Hall–Kier alpha value is -2.40. The fraction of sp³-hybridized carbons (Fsp3) is 0.368. The minimum atomic E-state index is 0.389. The molecule has 5 nitrogen and oxygen atoms in total. The molecule has 24 heavy (non-hydrogen) atoms. The maximum atomic E-state index is 5.45. The van der Waals surface area contributed by atoms with Crippen molar-refractivity contribution in [3.05, 3.63) is 47.9 Å². The topological polar surface area (TPSA) is 51.5 Å². The molecule has 0 atom stereocenters. The van der Waals surface area contributed by atoms with Crippen LogP contribution in [0.25, 0.3) is 16.9 Å². The first-order chi connectivity index (χ1) is 11.7. The molecule has 0 bridgehead atoms. The van der Waals surface area contributed by atoms with E-state index in [0.717, 1.165) is 43.2 Å². The van der Waals surface area contributed by atoms with E-state index in [1.807, 2.05) is 12.4 Å². The van der Waals surface area contributed by atoms with Crippen LogP contribution in [0.15, 0.2) is 36.8 Å². The Morgan fingerprint density at radius 3 is 2.67 bits per heavy atom. The van der Waals surface area contributed by atoms with Crippen molar-refractivity contribution in [3.8, 4) is 11.3 Å². The molecule has 0 aliphatic carbocycles. The van der Waals surface area contributed by atoms with E-state index >= 15 is 0 Å². The Balaban J connectivity index is 1.80. The highest BCUT2D eigenvalue weighted by molar-refractivity contribution is 5.73. The standard InChI is InChI=1S/C19H22N4O/c1-13-4-3-5-14(2)17(13)16-12-23-9-8-20-19(23)18(22-16)21-15-6-10-24-11-7-15/h3-5,8-9,12,15H,6-7,10-11H2,1-2H3,(H,21,22). The van der Waals surface area contributed by atoms with E-state index < -0.39 is 0 Å². The molecular formula is C19H22N4O. The Morgan fingerprint density at radius 1 is 1.17 bits per heavy atom. The Morgan fingerprint density at radius 2 is 1.92 bits per heavy atom. The highest BCUT2D eigenvalue weighted by atomic mass is 16.5. The Bertz CT molecular complexity index is 845. The molecule has 1 N–H and O–H groups in total. The van der Waals surface area contributed by atoms with Gasteiger partial charge in [-0.1, -0.05) is 18.2 Å². The van der Waals surface area contributed by atoms with Gasteiger partial charge in [-0.25, -0.2) is 9.97 Å². The predicted octanol–water partition coefficient (Wildman–Crippen LogP) is 3.60. The molecule has 0 amide bonds. The molecular weight excluding hydrogens is 300 g/mol. The molecule has 1 fully saturated rings. The van der Waals surface area contributed by atoms with Gasteiger partial charge in [0.2, 0.25) is 0 Å². The van der Waals surface area contributed by atoms with E-state index in [-0.39, 0.29) is 0 Å². The fourth-order valence-electron chi connectivity index (χ4n) is 3.40. The zero-order valence-corrected chi connectivity index (χ0v) is 14.1. The lowest BCUT2D eigenvalue weighted by Crippen LogP contribution is -2.28. The minimum Gasteiger partial charge on any atom is -0.381 e. The lowest BCUT2D eigenvalue weighted by molar-refractivity contribution is 0.0904. The summed E-state index contributed by atoms with van der Waals surface area (Å²) in [7, 11) is 0. The van der Waals surface area contributed by atoms with Gasteiger partial charge in [0.25, 0.3) is 0 Å². The molecule has 124 valence electrons. The number of nitrogens with zero attached hydrogens (tertiary/aromatic N) is 3. The van der Waals surface area contributed by atoms with Crippen LogP contribution in [0.2, 0.25) is 0 Å². The van der Waals surface area contributed by atoms with Gasteiger partial charge in [0, 0.05) is 43.4 Å². The summed E-state index contributed by atoms with van der Waals surface area (Å²) in [6.07, 6.45) is 7.86. The summed E-state index contributed by atoms with van der Waals surface area (Å²) in [6, 6.07) is 6.74. The third kappa shape index (κ3) is 2.76. The van der Waals surface area contributed by atoms with Gasteiger partial charge in [-0.15, -0.1) is 0 Å².